The molecule has 4 aromatic rings. The fourth-order valence-corrected chi connectivity index (χ4v) is 4.17. The summed E-state index contributed by atoms with van der Waals surface area (Å²) in [6.45, 7) is 2.54. The first-order valence-electron chi connectivity index (χ1n) is 11.3. The van der Waals surface area contributed by atoms with E-state index in [-0.39, 0.29) is 23.7 Å². The van der Waals surface area contributed by atoms with Crippen molar-refractivity contribution in [1.29, 1.82) is 0 Å². The summed E-state index contributed by atoms with van der Waals surface area (Å²) in [4.78, 5) is 38.6. The second-order valence-electron chi connectivity index (χ2n) is 8.34. The van der Waals surface area contributed by atoms with Crippen molar-refractivity contribution < 1.29 is 4.79 Å². The zero-order valence-corrected chi connectivity index (χ0v) is 19.7. The molecule has 0 saturated heterocycles. The summed E-state index contributed by atoms with van der Waals surface area (Å²) < 4.78 is 2.87. The number of hydrogen-bond donors (Lipinski definition) is 1. The molecular formula is C27H26ClN3O3. The lowest BCUT2D eigenvalue weighted by Gasteiger charge is -2.14. The highest BCUT2D eigenvalue weighted by Gasteiger charge is 2.13. The fraction of sp³-hybridized carbons (Fsp3) is 0.222. The molecule has 1 N–H and O–H groups in total. The molecule has 0 aliphatic heterocycles. The molecule has 4 rings (SSSR count). The van der Waals surface area contributed by atoms with Gasteiger partial charge in [0.25, 0.3) is 5.56 Å². The summed E-state index contributed by atoms with van der Waals surface area (Å²) >= 11 is 6.12. The van der Waals surface area contributed by atoms with E-state index in [0.717, 1.165) is 16.8 Å². The minimum Gasteiger partial charge on any atom is -0.326 e. The average molecular weight is 476 g/mol. The van der Waals surface area contributed by atoms with Crippen LogP contribution in [0.4, 0.5) is 5.69 Å². The average Bonchev–Trinajstić information content (AvgIpc) is 2.83. The number of unbranched alkanes of at least 4 members (excludes halogenated alkanes) is 1. The quantitative estimate of drug-likeness (QED) is 0.365. The molecule has 0 radical (unpaired) electrons. The molecular weight excluding hydrogens is 450 g/mol. The zero-order valence-electron chi connectivity index (χ0n) is 19.0. The second-order valence-corrected chi connectivity index (χ2v) is 8.78. The molecule has 0 aliphatic carbocycles. The van der Waals surface area contributed by atoms with Crippen LogP contribution in [0.15, 0.2) is 82.4 Å². The van der Waals surface area contributed by atoms with E-state index in [4.69, 9.17) is 11.6 Å². The first-order valence-corrected chi connectivity index (χ1v) is 11.6. The van der Waals surface area contributed by atoms with Gasteiger partial charge in [0.15, 0.2) is 0 Å². The van der Waals surface area contributed by atoms with Gasteiger partial charge in [-0.1, -0.05) is 53.6 Å². The van der Waals surface area contributed by atoms with Gasteiger partial charge in [0.05, 0.1) is 17.4 Å². The number of nitrogens with one attached hydrogen (secondary N) is 1. The third kappa shape index (κ3) is 5.46. The van der Waals surface area contributed by atoms with Crippen LogP contribution in [0.25, 0.3) is 10.9 Å². The van der Waals surface area contributed by atoms with E-state index < -0.39 is 0 Å². The lowest BCUT2D eigenvalue weighted by Crippen LogP contribution is -2.40. The molecule has 0 saturated carbocycles. The number of rotatable bonds is 8. The second kappa shape index (κ2) is 10.5. The smallest absolute Gasteiger partial charge is 0.326 e. The number of aryl methyl sites for hydroxylation is 1. The van der Waals surface area contributed by atoms with E-state index in [1.54, 1.807) is 28.8 Å². The Balaban J connectivity index is 1.50. The minimum atomic E-state index is -0.368. The maximum absolute atomic E-state index is 13.3. The Kier molecular flexibility index (Phi) is 7.28. The van der Waals surface area contributed by atoms with E-state index in [2.05, 4.69) is 5.32 Å². The highest BCUT2D eigenvalue weighted by atomic mass is 35.5. The van der Waals surface area contributed by atoms with E-state index in [1.807, 2.05) is 55.5 Å². The number of anilines is 1. The molecule has 1 aromatic heterocycles. The highest BCUT2D eigenvalue weighted by molar-refractivity contribution is 6.30. The molecule has 7 heteroatoms. The van der Waals surface area contributed by atoms with Crippen molar-refractivity contribution in [3.63, 3.8) is 0 Å². The van der Waals surface area contributed by atoms with Gasteiger partial charge in [-0.2, -0.15) is 0 Å². The van der Waals surface area contributed by atoms with Crippen LogP contribution in [0, 0.1) is 6.92 Å². The van der Waals surface area contributed by atoms with Gasteiger partial charge in [0, 0.05) is 23.7 Å². The van der Waals surface area contributed by atoms with Gasteiger partial charge in [-0.3, -0.25) is 18.7 Å². The SMILES string of the molecule is Cc1ccc(NC(=O)CCCCn2c(=O)c3ccccc3n(Cc3cccc(Cl)c3)c2=O)cc1. The topological polar surface area (TPSA) is 73.1 Å². The van der Waals surface area contributed by atoms with Crippen LogP contribution in [0.2, 0.25) is 5.02 Å². The normalized spacial score (nSPS) is 11.0. The number of benzene rings is 3. The van der Waals surface area contributed by atoms with Gasteiger partial charge >= 0.3 is 5.69 Å². The first kappa shape index (κ1) is 23.5. The molecule has 34 heavy (non-hydrogen) atoms. The minimum absolute atomic E-state index is 0.0897. The summed E-state index contributed by atoms with van der Waals surface area (Å²) in [6, 6.07) is 22.1. The van der Waals surface area contributed by atoms with Gasteiger partial charge in [-0.25, -0.2) is 4.79 Å². The van der Waals surface area contributed by atoms with Crippen LogP contribution in [-0.2, 0) is 17.9 Å². The van der Waals surface area contributed by atoms with Gasteiger partial charge in [-0.05, 0) is 61.7 Å². The predicted octanol–water partition coefficient (Wildman–Crippen LogP) is 4.98. The predicted molar refractivity (Wildman–Crippen MR) is 137 cm³/mol. The van der Waals surface area contributed by atoms with Crippen LogP contribution in [0.1, 0.15) is 30.4 Å². The van der Waals surface area contributed by atoms with Crippen molar-refractivity contribution >= 4 is 34.1 Å². The van der Waals surface area contributed by atoms with E-state index >= 15 is 0 Å². The number of carbonyl (C=O) groups is 1. The Morgan fingerprint density at radius 1 is 0.912 bits per heavy atom. The molecule has 3 aromatic carbocycles. The van der Waals surface area contributed by atoms with Gasteiger partial charge < -0.3 is 5.32 Å². The summed E-state index contributed by atoms with van der Waals surface area (Å²) in [5, 5.41) is 3.95. The van der Waals surface area contributed by atoms with Crippen LogP contribution < -0.4 is 16.6 Å². The molecule has 0 fully saturated rings. The zero-order chi connectivity index (χ0) is 24.1. The van der Waals surface area contributed by atoms with Crippen molar-refractivity contribution in [3.05, 3.63) is 110 Å². The summed E-state index contributed by atoms with van der Waals surface area (Å²) in [5.41, 5.74) is 2.66. The number of aromatic nitrogens is 2. The van der Waals surface area contributed by atoms with Crippen molar-refractivity contribution in [3.8, 4) is 0 Å². The van der Waals surface area contributed by atoms with E-state index in [9.17, 15) is 14.4 Å². The molecule has 1 amide bonds. The Morgan fingerprint density at radius 2 is 1.68 bits per heavy atom. The highest BCUT2D eigenvalue weighted by Crippen LogP contribution is 2.15. The number of fused-ring (bicyclic) bond motifs is 1. The summed E-state index contributed by atoms with van der Waals surface area (Å²) in [5.74, 6) is -0.0897. The van der Waals surface area contributed by atoms with Crippen LogP contribution in [0.3, 0.4) is 0 Å². The Morgan fingerprint density at radius 3 is 2.44 bits per heavy atom. The maximum atomic E-state index is 13.3. The fourth-order valence-electron chi connectivity index (χ4n) is 3.95. The molecule has 174 valence electrons. The van der Waals surface area contributed by atoms with E-state index in [1.165, 1.54) is 4.57 Å². The number of carbonyl (C=O) groups excluding carboxylic acids is 1. The number of nitrogens with zero attached hydrogens (tertiary/aromatic N) is 2. The maximum Gasteiger partial charge on any atom is 0.331 e. The molecule has 0 bridgehead atoms. The number of hydrogen-bond acceptors (Lipinski definition) is 3. The van der Waals surface area contributed by atoms with Gasteiger partial charge in [0.2, 0.25) is 5.91 Å². The van der Waals surface area contributed by atoms with Crippen LogP contribution >= 0.6 is 11.6 Å². The third-order valence-corrected chi connectivity index (χ3v) is 5.97. The van der Waals surface area contributed by atoms with Crippen LogP contribution in [0.5, 0.6) is 0 Å². The number of amides is 1. The van der Waals surface area contributed by atoms with Crippen molar-refractivity contribution in [1.82, 2.24) is 9.13 Å². The van der Waals surface area contributed by atoms with Crippen molar-refractivity contribution in [2.24, 2.45) is 0 Å². The molecule has 0 aliphatic rings. The van der Waals surface area contributed by atoms with Gasteiger partial charge in [-0.15, -0.1) is 0 Å². The van der Waals surface area contributed by atoms with Crippen molar-refractivity contribution in [2.45, 2.75) is 39.3 Å². The number of para-hydroxylation sites is 1. The molecule has 0 atom stereocenters. The standard InChI is InChI=1S/C27H26ClN3O3/c1-19-12-14-22(15-13-19)29-25(32)11-4-5-16-30-26(33)23-9-2-3-10-24(23)31(27(30)34)18-20-7-6-8-21(28)17-20/h2-3,6-10,12-15,17H,4-5,11,16,18H2,1H3,(H,29,32). The monoisotopic (exact) mass is 475 g/mol. The number of halogens is 1. The Labute approximate surface area is 202 Å². The molecule has 0 spiro atoms. The van der Waals surface area contributed by atoms with Crippen molar-refractivity contribution in [2.75, 3.05) is 5.32 Å². The largest absolute Gasteiger partial charge is 0.331 e. The third-order valence-electron chi connectivity index (χ3n) is 5.73. The lowest BCUT2D eigenvalue weighted by atomic mass is 10.2. The lowest BCUT2D eigenvalue weighted by molar-refractivity contribution is -0.116. The van der Waals surface area contributed by atoms with Crippen LogP contribution in [-0.4, -0.2) is 15.0 Å². The summed E-state index contributed by atoms with van der Waals surface area (Å²) in [6.07, 6.45) is 1.41. The molecule has 6 nitrogen and oxygen atoms in total. The first-order chi connectivity index (χ1) is 16.4. The molecule has 0 unspecified atom stereocenters. The molecule has 1 heterocycles. The Hall–Kier alpha value is -3.64. The van der Waals surface area contributed by atoms with Gasteiger partial charge in [0.1, 0.15) is 0 Å². The Bertz CT molecular complexity index is 1440. The van der Waals surface area contributed by atoms with E-state index in [0.29, 0.717) is 41.7 Å². The summed E-state index contributed by atoms with van der Waals surface area (Å²) in [7, 11) is 0.